The van der Waals surface area contributed by atoms with Crippen molar-refractivity contribution in [2.75, 3.05) is 20.6 Å². The van der Waals surface area contributed by atoms with E-state index in [0.717, 1.165) is 13.0 Å². The van der Waals surface area contributed by atoms with E-state index in [4.69, 9.17) is 9.69 Å². The van der Waals surface area contributed by atoms with E-state index in [1.54, 1.807) is 0 Å². The van der Waals surface area contributed by atoms with Crippen LogP contribution in [-0.2, 0) is 15.7 Å². The fraction of sp³-hybridized carbons (Fsp3) is 0.800. The van der Waals surface area contributed by atoms with Crippen molar-refractivity contribution in [2.24, 2.45) is 0 Å². The Morgan fingerprint density at radius 3 is 2.62 bits per heavy atom. The van der Waals surface area contributed by atoms with Gasteiger partial charge in [-0.2, -0.15) is 0 Å². The van der Waals surface area contributed by atoms with E-state index in [1.807, 2.05) is 0 Å². The molecule has 0 fully saturated rings. The van der Waals surface area contributed by atoms with E-state index in [0.29, 0.717) is 0 Å². The minimum absolute atomic E-state index is 0.0375. The first kappa shape index (κ1) is 8.74. The van der Waals surface area contributed by atoms with Gasteiger partial charge in [-0.15, -0.1) is 0 Å². The molecule has 3 heteroatoms. The molecular weight excluding hydrogens is 211 g/mol. The number of nitrogens with zero attached hydrogens (tertiary/aromatic N) is 1. The third-order valence-corrected chi connectivity index (χ3v) is 2.15. The summed E-state index contributed by atoms with van der Waals surface area (Å²) in [5, 5.41) is 0. The Balaban J connectivity index is 2.93. The van der Waals surface area contributed by atoms with Gasteiger partial charge in [-0.1, -0.05) is 0 Å². The second-order valence-electron chi connectivity index (χ2n) is 1.81. The van der Waals surface area contributed by atoms with Crippen LogP contribution in [0.25, 0.3) is 0 Å². The summed E-state index contributed by atoms with van der Waals surface area (Å²) in [6.45, 7) is 1.13. The molecule has 0 aromatic heterocycles. The first-order chi connectivity index (χ1) is 3.77. The molecule has 0 heterocycles. The van der Waals surface area contributed by atoms with Crippen molar-refractivity contribution in [3.8, 4) is 0 Å². The van der Waals surface area contributed by atoms with Gasteiger partial charge in [0.1, 0.15) is 0 Å². The van der Waals surface area contributed by atoms with Crippen molar-refractivity contribution in [1.29, 1.82) is 0 Å². The molecule has 0 aliphatic carbocycles. The van der Waals surface area contributed by atoms with Gasteiger partial charge in [0.05, 0.1) is 0 Å². The molecule has 0 unspecified atom stereocenters. The first-order valence-electron chi connectivity index (χ1n) is 2.46. The van der Waals surface area contributed by atoms with E-state index in [9.17, 15) is 0 Å². The molecule has 0 aromatic rings. The van der Waals surface area contributed by atoms with Crippen LogP contribution in [-0.4, -0.2) is 30.1 Å². The molecule has 0 atom stereocenters. The summed E-state index contributed by atoms with van der Waals surface area (Å²) >= 11 is 0.0375. The fourth-order valence-electron chi connectivity index (χ4n) is 0.342. The maximum atomic E-state index is 5.50. The Hall–Kier alpha value is 0.743. The van der Waals surface area contributed by atoms with Crippen molar-refractivity contribution in [3.63, 3.8) is 0 Å². The number of halogens is 1. The van der Waals surface area contributed by atoms with E-state index in [1.165, 1.54) is 0 Å². The monoisotopic (exact) mass is 222 g/mol. The zero-order valence-corrected chi connectivity index (χ0v) is 7.66. The molecule has 0 N–H and O–H groups in total. The van der Waals surface area contributed by atoms with Crippen molar-refractivity contribution < 1.29 is 15.7 Å². The van der Waals surface area contributed by atoms with Crippen LogP contribution in [0.5, 0.6) is 0 Å². The van der Waals surface area contributed by atoms with E-state index in [-0.39, 0.29) is 15.7 Å². The fourth-order valence-corrected chi connectivity index (χ4v) is 1.21. The van der Waals surface area contributed by atoms with Gasteiger partial charge in [0.15, 0.2) is 0 Å². The topological polar surface area (TPSA) is 3.24 Å². The number of rotatable bonds is 3. The Bertz CT molecular complexity index is 72.8. The van der Waals surface area contributed by atoms with Gasteiger partial charge in [0.25, 0.3) is 0 Å². The van der Waals surface area contributed by atoms with Crippen LogP contribution in [0.3, 0.4) is 0 Å². The molecule has 0 aromatic carbocycles. The maximum absolute atomic E-state index is 5.50. The SMILES string of the molecule is CN(C)CC[CH]=[Ru][Cl]. The van der Waals surface area contributed by atoms with Crippen LogP contribution in [0.4, 0.5) is 0 Å². The van der Waals surface area contributed by atoms with E-state index in [2.05, 4.69) is 23.6 Å². The molecule has 0 rings (SSSR count). The van der Waals surface area contributed by atoms with Crippen LogP contribution in [0, 0.1) is 0 Å². The summed E-state index contributed by atoms with van der Waals surface area (Å²) in [6, 6.07) is 0. The van der Waals surface area contributed by atoms with Crippen LogP contribution in [0.2, 0.25) is 0 Å². The van der Waals surface area contributed by atoms with Gasteiger partial charge >= 0.3 is 61.9 Å². The molecule has 8 heavy (non-hydrogen) atoms. The summed E-state index contributed by atoms with van der Waals surface area (Å²) in [6.07, 6.45) is 1.13. The quantitative estimate of drug-likeness (QED) is 0.643. The van der Waals surface area contributed by atoms with Gasteiger partial charge in [-0.3, -0.25) is 0 Å². The van der Waals surface area contributed by atoms with Crippen LogP contribution in [0.1, 0.15) is 6.42 Å². The van der Waals surface area contributed by atoms with Crippen molar-refractivity contribution in [1.82, 2.24) is 4.90 Å². The molecule has 0 saturated carbocycles. The zero-order valence-electron chi connectivity index (χ0n) is 5.17. The van der Waals surface area contributed by atoms with Gasteiger partial charge in [0, 0.05) is 0 Å². The minimum atomic E-state index is 0.0375. The molecule has 1 nitrogen and oxygen atoms in total. The van der Waals surface area contributed by atoms with Gasteiger partial charge in [0.2, 0.25) is 0 Å². The standard InChI is InChI=1S/C5H11N.ClH.Ru/c1-4-5-6(2)3;;/h1H,4-5H2,2-3H3;1H;/q;;+1/p-1. The van der Waals surface area contributed by atoms with Gasteiger partial charge < -0.3 is 0 Å². The predicted molar refractivity (Wildman–Crippen MR) is 35.1 cm³/mol. The number of hydrogen-bond acceptors (Lipinski definition) is 1. The number of hydrogen-bond donors (Lipinski definition) is 0. The van der Waals surface area contributed by atoms with Crippen LogP contribution < -0.4 is 0 Å². The van der Waals surface area contributed by atoms with E-state index < -0.39 is 0 Å². The van der Waals surface area contributed by atoms with Crippen molar-refractivity contribution >= 4 is 14.3 Å². The summed E-state index contributed by atoms with van der Waals surface area (Å²) in [7, 11) is 9.64. The molecule has 0 radical (unpaired) electrons. The Kier molecular flexibility index (Phi) is 6.42. The van der Waals surface area contributed by atoms with Crippen LogP contribution >= 0.6 is 9.69 Å². The predicted octanol–water partition coefficient (Wildman–Crippen LogP) is 0.977. The van der Waals surface area contributed by atoms with E-state index >= 15 is 0 Å². The molecular formula is C5H11ClNRu. The third-order valence-electron chi connectivity index (χ3n) is 0.733. The normalized spacial score (nSPS) is 12.5. The van der Waals surface area contributed by atoms with Gasteiger partial charge in [-0.05, 0) is 0 Å². The van der Waals surface area contributed by atoms with Crippen molar-refractivity contribution in [2.45, 2.75) is 6.42 Å². The summed E-state index contributed by atoms with van der Waals surface area (Å²) < 4.78 is 2.16. The molecule has 0 aliphatic heterocycles. The van der Waals surface area contributed by atoms with Crippen molar-refractivity contribution in [3.05, 3.63) is 0 Å². The first-order valence-corrected chi connectivity index (χ1v) is 5.70. The Morgan fingerprint density at radius 1 is 1.62 bits per heavy atom. The van der Waals surface area contributed by atoms with Gasteiger partial charge in [-0.25, -0.2) is 0 Å². The molecule has 0 amide bonds. The molecule has 51 valence electrons. The summed E-state index contributed by atoms with van der Waals surface area (Å²) in [5.41, 5.74) is 0. The average molecular weight is 222 g/mol. The molecule has 0 aliphatic rings. The molecule has 0 saturated heterocycles. The summed E-state index contributed by atoms with van der Waals surface area (Å²) in [5.74, 6) is 0. The second-order valence-corrected chi connectivity index (χ2v) is 3.82. The zero-order chi connectivity index (χ0) is 6.41. The third kappa shape index (κ3) is 6.74. The molecule has 0 bridgehead atoms. The Labute approximate surface area is 62.2 Å². The second kappa shape index (κ2) is 5.87. The average Bonchev–Trinajstić information content (AvgIpc) is 1.66. The van der Waals surface area contributed by atoms with Crippen LogP contribution in [0.15, 0.2) is 0 Å². The summed E-state index contributed by atoms with van der Waals surface area (Å²) in [4.78, 5) is 2.16. The molecule has 0 spiro atoms. The Morgan fingerprint density at radius 2 is 2.25 bits per heavy atom.